The summed E-state index contributed by atoms with van der Waals surface area (Å²) in [6, 6.07) is 0. The Kier molecular flexibility index (Phi) is 5.48. The van der Waals surface area contributed by atoms with Gasteiger partial charge in [0.1, 0.15) is 0 Å². The molecule has 2 amide bonds. The largest absolute Gasteiger partial charge is 0.275 e. The van der Waals surface area contributed by atoms with E-state index in [1.165, 1.54) is 17.1 Å². The Hall–Kier alpha value is -1.20. The molecule has 0 bridgehead atoms. The van der Waals surface area contributed by atoms with Crippen LogP contribution in [0, 0.1) is 0 Å². The van der Waals surface area contributed by atoms with Crippen molar-refractivity contribution < 1.29 is 19.4 Å². The number of hydrogen-bond donors (Lipinski definition) is 0. The molecule has 20 heavy (non-hydrogen) atoms. The third kappa shape index (κ3) is 5.06. The van der Waals surface area contributed by atoms with Crippen molar-refractivity contribution in [1.82, 2.24) is 4.90 Å². The van der Waals surface area contributed by atoms with Crippen LogP contribution in [0.25, 0.3) is 0 Å². The molecule has 5 nitrogen and oxygen atoms in total. The van der Waals surface area contributed by atoms with E-state index in [-0.39, 0.29) is 17.4 Å². The Bertz CT molecular complexity index is 381. The van der Waals surface area contributed by atoms with Crippen molar-refractivity contribution in [3.63, 3.8) is 0 Å². The fraction of sp³-hybridized carbons (Fsp3) is 0.733. The van der Waals surface area contributed by atoms with Gasteiger partial charge < -0.3 is 0 Å². The molecule has 114 valence electrons. The molecule has 0 N–H and O–H groups in total. The SMILES string of the molecule is CCCC(C)(C)OOC(C)(C)CCN1C(=O)C=CC1=O. The van der Waals surface area contributed by atoms with Crippen LogP contribution in [0.5, 0.6) is 0 Å². The monoisotopic (exact) mass is 283 g/mol. The van der Waals surface area contributed by atoms with Gasteiger partial charge in [-0.25, -0.2) is 9.78 Å². The fourth-order valence-electron chi connectivity index (χ4n) is 1.94. The van der Waals surface area contributed by atoms with Gasteiger partial charge in [0.15, 0.2) is 0 Å². The first-order valence-electron chi connectivity index (χ1n) is 7.07. The van der Waals surface area contributed by atoms with Gasteiger partial charge in [-0.05, 0) is 40.5 Å². The van der Waals surface area contributed by atoms with Crippen molar-refractivity contribution in [2.75, 3.05) is 6.54 Å². The molecule has 0 saturated heterocycles. The van der Waals surface area contributed by atoms with Gasteiger partial charge >= 0.3 is 0 Å². The van der Waals surface area contributed by atoms with Crippen molar-refractivity contribution in [3.05, 3.63) is 12.2 Å². The predicted molar refractivity (Wildman–Crippen MR) is 75.7 cm³/mol. The van der Waals surface area contributed by atoms with Crippen molar-refractivity contribution in [3.8, 4) is 0 Å². The van der Waals surface area contributed by atoms with Crippen molar-refractivity contribution in [1.29, 1.82) is 0 Å². The number of nitrogens with zero attached hydrogens (tertiary/aromatic N) is 1. The molecule has 1 rings (SSSR count). The zero-order valence-electron chi connectivity index (χ0n) is 13.1. The van der Waals surface area contributed by atoms with E-state index in [1.54, 1.807) is 0 Å². The van der Waals surface area contributed by atoms with Gasteiger partial charge in [-0.1, -0.05) is 13.3 Å². The third-order valence-corrected chi connectivity index (χ3v) is 3.18. The standard InChI is InChI=1S/C15H25NO4/c1-6-9-14(2,3)19-20-15(4,5)10-11-16-12(17)7-8-13(16)18/h7-8H,6,9-11H2,1-5H3. The minimum atomic E-state index is -0.561. The zero-order chi connectivity index (χ0) is 15.4. The summed E-state index contributed by atoms with van der Waals surface area (Å²) >= 11 is 0. The molecular formula is C15H25NO4. The molecule has 0 saturated carbocycles. The maximum Gasteiger partial charge on any atom is 0.253 e. The summed E-state index contributed by atoms with van der Waals surface area (Å²) < 4.78 is 0. The maximum absolute atomic E-state index is 11.5. The number of hydrogen-bond acceptors (Lipinski definition) is 4. The molecular weight excluding hydrogens is 258 g/mol. The lowest BCUT2D eigenvalue weighted by Gasteiger charge is -2.31. The highest BCUT2D eigenvalue weighted by Crippen LogP contribution is 2.23. The molecule has 5 heteroatoms. The third-order valence-electron chi connectivity index (χ3n) is 3.18. The number of carbonyl (C=O) groups is 2. The van der Waals surface area contributed by atoms with Gasteiger partial charge in [0.25, 0.3) is 11.8 Å². The lowest BCUT2D eigenvalue weighted by molar-refractivity contribution is -0.402. The molecule has 0 fully saturated rings. The minimum Gasteiger partial charge on any atom is -0.275 e. The molecule has 0 aromatic carbocycles. The second-order valence-electron chi connectivity index (χ2n) is 6.35. The summed E-state index contributed by atoms with van der Waals surface area (Å²) in [5.41, 5.74) is -0.902. The normalized spacial score (nSPS) is 16.4. The van der Waals surface area contributed by atoms with Crippen molar-refractivity contribution in [2.24, 2.45) is 0 Å². The average molecular weight is 283 g/mol. The highest BCUT2D eigenvalue weighted by molar-refractivity contribution is 6.12. The van der Waals surface area contributed by atoms with Crippen LogP contribution in [0.4, 0.5) is 0 Å². The van der Waals surface area contributed by atoms with E-state index in [2.05, 4.69) is 6.92 Å². The Balaban J connectivity index is 2.42. The van der Waals surface area contributed by atoms with Crippen LogP contribution in [-0.4, -0.2) is 34.5 Å². The summed E-state index contributed by atoms with van der Waals surface area (Å²) in [4.78, 5) is 35.1. The first kappa shape index (κ1) is 16.9. The molecule has 1 heterocycles. The Morgan fingerprint density at radius 2 is 1.40 bits per heavy atom. The molecule has 0 spiro atoms. The second kappa shape index (κ2) is 6.50. The van der Waals surface area contributed by atoms with Gasteiger partial charge in [-0.15, -0.1) is 0 Å². The number of carbonyl (C=O) groups excluding carboxylic acids is 2. The average Bonchev–Trinajstić information content (AvgIpc) is 2.65. The number of imide groups is 1. The van der Waals surface area contributed by atoms with E-state index in [0.29, 0.717) is 13.0 Å². The zero-order valence-corrected chi connectivity index (χ0v) is 13.1. The van der Waals surface area contributed by atoms with Gasteiger partial charge in [0.05, 0.1) is 11.2 Å². The summed E-state index contributed by atoms with van der Waals surface area (Å²) in [6.07, 6.45) is 5.01. The lowest BCUT2D eigenvalue weighted by atomic mass is 10.0. The minimum absolute atomic E-state index is 0.266. The molecule has 0 aliphatic carbocycles. The molecule has 0 aromatic heterocycles. The van der Waals surface area contributed by atoms with E-state index >= 15 is 0 Å². The molecule has 1 aliphatic heterocycles. The van der Waals surface area contributed by atoms with Crippen LogP contribution in [0.3, 0.4) is 0 Å². The smallest absolute Gasteiger partial charge is 0.253 e. The molecule has 0 atom stereocenters. The summed E-state index contributed by atoms with van der Waals surface area (Å²) in [5.74, 6) is -0.531. The van der Waals surface area contributed by atoms with E-state index in [1.807, 2.05) is 27.7 Å². The molecule has 1 aliphatic rings. The van der Waals surface area contributed by atoms with Gasteiger partial charge in [0, 0.05) is 18.7 Å². The fourth-order valence-corrected chi connectivity index (χ4v) is 1.94. The maximum atomic E-state index is 11.5. The predicted octanol–water partition coefficient (Wildman–Crippen LogP) is 2.61. The first-order chi connectivity index (χ1) is 9.17. The van der Waals surface area contributed by atoms with E-state index in [9.17, 15) is 9.59 Å². The Morgan fingerprint density at radius 1 is 0.950 bits per heavy atom. The highest BCUT2D eigenvalue weighted by Gasteiger charge is 2.29. The van der Waals surface area contributed by atoms with Gasteiger partial charge in [-0.3, -0.25) is 14.5 Å². The van der Waals surface area contributed by atoms with Gasteiger partial charge in [0.2, 0.25) is 0 Å². The lowest BCUT2D eigenvalue weighted by Crippen LogP contribution is -2.38. The second-order valence-corrected chi connectivity index (χ2v) is 6.35. The van der Waals surface area contributed by atoms with Crippen molar-refractivity contribution in [2.45, 2.75) is 65.1 Å². The van der Waals surface area contributed by atoms with Crippen LogP contribution >= 0.6 is 0 Å². The van der Waals surface area contributed by atoms with E-state index in [0.717, 1.165) is 12.8 Å². The van der Waals surface area contributed by atoms with Crippen LogP contribution in [0.15, 0.2) is 12.2 Å². The summed E-state index contributed by atoms with van der Waals surface area (Å²) in [7, 11) is 0. The van der Waals surface area contributed by atoms with Crippen LogP contribution < -0.4 is 0 Å². The van der Waals surface area contributed by atoms with Crippen LogP contribution in [-0.2, 0) is 19.4 Å². The van der Waals surface area contributed by atoms with Crippen molar-refractivity contribution >= 4 is 11.8 Å². The van der Waals surface area contributed by atoms with Gasteiger partial charge in [-0.2, -0.15) is 0 Å². The summed E-state index contributed by atoms with van der Waals surface area (Å²) in [6.45, 7) is 10.1. The first-order valence-corrected chi connectivity index (χ1v) is 7.07. The Morgan fingerprint density at radius 3 is 1.85 bits per heavy atom. The van der Waals surface area contributed by atoms with Crippen LogP contribution in [0.1, 0.15) is 53.9 Å². The van der Waals surface area contributed by atoms with E-state index < -0.39 is 5.60 Å². The summed E-state index contributed by atoms with van der Waals surface area (Å²) in [5, 5.41) is 0. The highest BCUT2D eigenvalue weighted by atomic mass is 17.2. The number of amides is 2. The Labute approximate surface area is 120 Å². The van der Waals surface area contributed by atoms with Crippen LogP contribution in [0.2, 0.25) is 0 Å². The quantitative estimate of drug-likeness (QED) is 0.390. The van der Waals surface area contributed by atoms with E-state index in [4.69, 9.17) is 9.78 Å². The topological polar surface area (TPSA) is 55.8 Å². The molecule has 0 unspecified atom stereocenters. The molecule has 0 radical (unpaired) electrons. The molecule has 0 aromatic rings. The number of rotatable bonds is 8.